The topological polar surface area (TPSA) is 78.4 Å². The van der Waals surface area contributed by atoms with E-state index in [0.717, 1.165) is 52.5 Å². The minimum atomic E-state index is -0.625. The van der Waals surface area contributed by atoms with Crippen molar-refractivity contribution in [3.63, 3.8) is 0 Å². The first-order valence-electron chi connectivity index (χ1n) is 12.8. The number of benzene rings is 3. The predicted molar refractivity (Wildman–Crippen MR) is 140 cm³/mol. The van der Waals surface area contributed by atoms with Crippen LogP contribution in [0.15, 0.2) is 66.7 Å². The molecule has 5 rings (SSSR count). The lowest BCUT2D eigenvalue weighted by Gasteiger charge is -2.33. The van der Waals surface area contributed by atoms with E-state index >= 15 is 0 Å². The van der Waals surface area contributed by atoms with E-state index in [2.05, 4.69) is 11.4 Å². The van der Waals surface area contributed by atoms with Crippen molar-refractivity contribution in [3.8, 4) is 17.2 Å². The van der Waals surface area contributed by atoms with E-state index in [-0.39, 0.29) is 6.10 Å². The molecule has 0 spiro atoms. The van der Waals surface area contributed by atoms with Gasteiger partial charge in [-0.05, 0) is 53.9 Å². The molecule has 196 valence electrons. The average Bonchev–Trinajstić information content (AvgIpc) is 2.90. The lowest BCUT2D eigenvalue weighted by molar-refractivity contribution is -0.180. The molecule has 0 aliphatic carbocycles. The first-order chi connectivity index (χ1) is 17.9. The van der Waals surface area contributed by atoms with Crippen LogP contribution in [-0.2, 0) is 29.1 Å². The summed E-state index contributed by atoms with van der Waals surface area (Å²) in [5, 5.41) is 14.0. The van der Waals surface area contributed by atoms with Crippen molar-refractivity contribution in [2.75, 3.05) is 26.3 Å². The Kier molecular flexibility index (Phi) is 7.96. The third kappa shape index (κ3) is 6.81. The number of aliphatic hydroxyl groups excluding tert-OH is 1. The number of rotatable bonds is 10. The van der Waals surface area contributed by atoms with Crippen molar-refractivity contribution in [1.29, 1.82) is 0 Å². The van der Waals surface area contributed by atoms with Gasteiger partial charge in [-0.1, -0.05) is 42.5 Å². The molecule has 3 aromatic carbocycles. The van der Waals surface area contributed by atoms with Crippen LogP contribution in [0.2, 0.25) is 0 Å². The molecule has 37 heavy (non-hydrogen) atoms. The number of aliphatic hydroxyl groups is 1. The predicted octanol–water partition coefficient (Wildman–Crippen LogP) is 4.55. The maximum absolute atomic E-state index is 10.7. The maximum Gasteiger partial charge on any atom is 0.205 e. The van der Waals surface area contributed by atoms with E-state index < -0.39 is 11.9 Å². The lowest BCUT2D eigenvalue weighted by Crippen LogP contribution is -2.35. The molecule has 0 saturated heterocycles. The van der Waals surface area contributed by atoms with Crippen molar-refractivity contribution in [2.45, 2.75) is 51.5 Å². The Bertz CT molecular complexity index is 1180. The zero-order chi connectivity index (χ0) is 25.7. The second-order valence-electron chi connectivity index (χ2n) is 9.96. The molecule has 3 aromatic rings. The highest BCUT2D eigenvalue weighted by Gasteiger charge is 2.27. The van der Waals surface area contributed by atoms with Crippen LogP contribution in [0.1, 0.15) is 42.2 Å². The van der Waals surface area contributed by atoms with Gasteiger partial charge >= 0.3 is 0 Å². The van der Waals surface area contributed by atoms with Crippen LogP contribution >= 0.6 is 0 Å². The largest absolute Gasteiger partial charge is 0.486 e. The summed E-state index contributed by atoms with van der Waals surface area (Å²) in [5.41, 5.74) is 4.08. The molecule has 2 N–H and O–H groups in total. The smallest absolute Gasteiger partial charge is 0.205 e. The summed E-state index contributed by atoms with van der Waals surface area (Å²) in [6.45, 7) is 6.93. The number of fused-ring (bicyclic) bond motifs is 2. The summed E-state index contributed by atoms with van der Waals surface area (Å²) in [6.07, 6.45) is 0.0508. The molecule has 0 amide bonds. The molecule has 7 nitrogen and oxygen atoms in total. The fourth-order valence-electron chi connectivity index (χ4n) is 4.43. The fourth-order valence-corrected chi connectivity index (χ4v) is 4.43. The highest BCUT2D eigenvalue weighted by Crippen LogP contribution is 2.34. The Balaban J connectivity index is 1.06. The van der Waals surface area contributed by atoms with E-state index in [1.165, 1.54) is 0 Å². The standard InChI is InChI=1S/C30H35NO6/c1-30(2)35-18-24-15-23(9-11-27(24)37-30)26(32)16-31-13-12-21-8-10-28-29(14-21)36-25(20-34-28)19-33-17-22-6-4-3-5-7-22/h3-11,14-15,25-26,31-32H,12-13,16-20H2,1-2H3/t25-,26+/m1/s1. The van der Waals surface area contributed by atoms with E-state index in [1.54, 1.807) is 0 Å². The third-order valence-electron chi connectivity index (χ3n) is 6.47. The first kappa shape index (κ1) is 25.5. The van der Waals surface area contributed by atoms with Crippen LogP contribution in [0, 0.1) is 0 Å². The number of ether oxygens (including phenoxy) is 5. The molecule has 2 heterocycles. The Labute approximate surface area is 218 Å². The fraction of sp³-hybridized carbons (Fsp3) is 0.400. The Morgan fingerprint density at radius 1 is 1.00 bits per heavy atom. The van der Waals surface area contributed by atoms with Gasteiger partial charge in [-0.3, -0.25) is 0 Å². The third-order valence-corrected chi connectivity index (χ3v) is 6.47. The van der Waals surface area contributed by atoms with Crippen LogP contribution in [0.4, 0.5) is 0 Å². The Hall–Kier alpha value is -3.10. The van der Waals surface area contributed by atoms with E-state index in [9.17, 15) is 5.11 Å². The quantitative estimate of drug-likeness (QED) is 0.391. The van der Waals surface area contributed by atoms with Crippen molar-refractivity contribution in [3.05, 3.63) is 89.0 Å². The SMILES string of the molecule is CC1(C)OCc2cc([C@@H](O)CNCCc3ccc4c(c3)O[C@H](COCc3ccccc3)CO4)ccc2O1. The van der Waals surface area contributed by atoms with Crippen LogP contribution < -0.4 is 19.5 Å². The lowest BCUT2D eigenvalue weighted by atomic mass is 10.0. The second kappa shape index (κ2) is 11.5. The van der Waals surface area contributed by atoms with Gasteiger partial charge in [0.05, 0.1) is 25.9 Å². The van der Waals surface area contributed by atoms with Crippen molar-refractivity contribution in [1.82, 2.24) is 5.32 Å². The minimum Gasteiger partial charge on any atom is -0.486 e. The van der Waals surface area contributed by atoms with Crippen LogP contribution in [0.5, 0.6) is 17.2 Å². The van der Waals surface area contributed by atoms with Crippen molar-refractivity contribution in [2.24, 2.45) is 0 Å². The second-order valence-corrected chi connectivity index (χ2v) is 9.96. The van der Waals surface area contributed by atoms with Gasteiger partial charge in [-0.15, -0.1) is 0 Å². The van der Waals surface area contributed by atoms with Gasteiger partial charge in [0, 0.05) is 26.0 Å². The molecule has 0 bridgehead atoms. The summed E-state index contributed by atoms with van der Waals surface area (Å²) in [6, 6.07) is 21.9. The van der Waals surface area contributed by atoms with Crippen LogP contribution in [-0.4, -0.2) is 43.3 Å². The number of hydrogen-bond donors (Lipinski definition) is 2. The van der Waals surface area contributed by atoms with Crippen molar-refractivity contribution >= 4 is 0 Å². The van der Waals surface area contributed by atoms with Crippen LogP contribution in [0.3, 0.4) is 0 Å². The molecule has 2 atom stereocenters. The summed E-state index contributed by atoms with van der Waals surface area (Å²) in [4.78, 5) is 0. The summed E-state index contributed by atoms with van der Waals surface area (Å²) in [5.74, 6) is 1.69. The van der Waals surface area contributed by atoms with Gasteiger partial charge in [0.1, 0.15) is 12.4 Å². The molecule has 0 saturated carbocycles. The molecular formula is C30H35NO6. The van der Waals surface area contributed by atoms with Gasteiger partial charge < -0.3 is 34.1 Å². The molecule has 2 aliphatic heterocycles. The summed E-state index contributed by atoms with van der Waals surface area (Å²) in [7, 11) is 0. The molecule has 7 heteroatoms. The summed E-state index contributed by atoms with van der Waals surface area (Å²) < 4.78 is 29.4. The zero-order valence-corrected chi connectivity index (χ0v) is 21.4. The van der Waals surface area contributed by atoms with Crippen molar-refractivity contribution < 1.29 is 28.8 Å². The minimum absolute atomic E-state index is 0.141. The number of hydrogen-bond acceptors (Lipinski definition) is 7. The normalized spacial score (nSPS) is 18.5. The molecular weight excluding hydrogens is 470 g/mol. The highest BCUT2D eigenvalue weighted by atomic mass is 16.7. The highest BCUT2D eigenvalue weighted by molar-refractivity contribution is 5.44. The van der Waals surface area contributed by atoms with Gasteiger partial charge in [0.15, 0.2) is 17.6 Å². The van der Waals surface area contributed by atoms with Gasteiger partial charge in [0.25, 0.3) is 0 Å². The average molecular weight is 506 g/mol. The van der Waals surface area contributed by atoms with Gasteiger partial charge in [-0.2, -0.15) is 0 Å². The summed E-state index contributed by atoms with van der Waals surface area (Å²) >= 11 is 0. The molecule has 0 aromatic heterocycles. The molecule has 0 radical (unpaired) electrons. The maximum atomic E-state index is 10.7. The van der Waals surface area contributed by atoms with E-state index in [4.69, 9.17) is 23.7 Å². The first-order valence-corrected chi connectivity index (χ1v) is 12.8. The molecule has 0 fully saturated rings. The van der Waals surface area contributed by atoms with Gasteiger partial charge in [0.2, 0.25) is 5.79 Å². The van der Waals surface area contributed by atoms with Crippen LogP contribution in [0.25, 0.3) is 0 Å². The monoisotopic (exact) mass is 505 g/mol. The Morgan fingerprint density at radius 2 is 1.84 bits per heavy atom. The molecule has 2 aliphatic rings. The molecule has 0 unspecified atom stereocenters. The van der Waals surface area contributed by atoms with E-state index in [0.29, 0.717) is 33.0 Å². The Morgan fingerprint density at radius 3 is 2.70 bits per heavy atom. The number of nitrogens with one attached hydrogen (secondary N) is 1. The zero-order valence-electron chi connectivity index (χ0n) is 21.4. The van der Waals surface area contributed by atoms with Gasteiger partial charge in [-0.25, -0.2) is 0 Å². The van der Waals surface area contributed by atoms with E-state index in [1.807, 2.05) is 74.5 Å².